The molecule has 3 nitrogen and oxygen atoms in total. The molecule has 0 N–H and O–H groups in total. The van der Waals surface area contributed by atoms with Gasteiger partial charge in [-0.25, -0.2) is 0 Å². The molecule has 0 aliphatic rings. The van der Waals surface area contributed by atoms with Crippen molar-refractivity contribution < 1.29 is 4.79 Å². The summed E-state index contributed by atoms with van der Waals surface area (Å²) < 4.78 is 0. The van der Waals surface area contributed by atoms with Gasteiger partial charge in [-0.1, -0.05) is 31.2 Å². The number of carbonyl (C=O) groups is 1. The lowest BCUT2D eigenvalue weighted by Gasteiger charge is -2.23. The van der Waals surface area contributed by atoms with Crippen LogP contribution in [0.4, 0.5) is 0 Å². The van der Waals surface area contributed by atoms with E-state index in [2.05, 4.69) is 11.9 Å². The molecular formula is C15H18N2O. The Morgan fingerprint density at radius 1 is 1.33 bits per heavy atom. The number of rotatable bonds is 3. The van der Waals surface area contributed by atoms with Crippen molar-refractivity contribution in [2.24, 2.45) is 0 Å². The molecule has 1 atom stereocenters. The van der Waals surface area contributed by atoms with E-state index in [4.69, 9.17) is 0 Å². The average Bonchev–Trinajstić information content (AvgIpc) is 2.44. The summed E-state index contributed by atoms with van der Waals surface area (Å²) in [5, 5.41) is 2.11. The highest BCUT2D eigenvalue weighted by atomic mass is 16.2. The predicted octanol–water partition coefficient (Wildman–Crippen LogP) is 3.11. The minimum atomic E-state index is -0.0184. The van der Waals surface area contributed by atoms with Crippen LogP contribution < -0.4 is 0 Å². The van der Waals surface area contributed by atoms with Gasteiger partial charge in [0.2, 0.25) is 0 Å². The fourth-order valence-corrected chi connectivity index (χ4v) is 1.86. The fourth-order valence-electron chi connectivity index (χ4n) is 1.86. The lowest BCUT2D eigenvalue weighted by molar-refractivity contribution is 0.0735. The van der Waals surface area contributed by atoms with Crippen LogP contribution in [-0.2, 0) is 0 Å². The summed E-state index contributed by atoms with van der Waals surface area (Å²) in [6.07, 6.45) is 2.70. The largest absolute Gasteiger partial charge is 0.338 e. The Bertz CT molecular complexity index is 565. The first kappa shape index (κ1) is 12.6. The van der Waals surface area contributed by atoms with Crippen molar-refractivity contribution in [1.82, 2.24) is 9.88 Å². The van der Waals surface area contributed by atoms with Gasteiger partial charge in [0, 0.05) is 24.7 Å². The number of amides is 1. The van der Waals surface area contributed by atoms with E-state index >= 15 is 0 Å². The Morgan fingerprint density at radius 2 is 2.00 bits per heavy atom. The van der Waals surface area contributed by atoms with E-state index in [1.165, 1.54) is 0 Å². The Labute approximate surface area is 107 Å². The second kappa shape index (κ2) is 5.17. The standard InChI is InChI=1S/C15H18N2O/c1-4-11(2)17(3)15(18)14-9-12-7-5-6-8-13(12)10-16-14/h5-11H,4H2,1-3H3. The summed E-state index contributed by atoms with van der Waals surface area (Å²) in [4.78, 5) is 18.3. The minimum Gasteiger partial charge on any atom is -0.338 e. The number of pyridine rings is 1. The Balaban J connectivity index is 2.33. The van der Waals surface area contributed by atoms with E-state index in [0.717, 1.165) is 17.2 Å². The lowest BCUT2D eigenvalue weighted by atomic mass is 10.1. The summed E-state index contributed by atoms with van der Waals surface area (Å²) in [6.45, 7) is 4.11. The van der Waals surface area contributed by atoms with Crippen LogP contribution in [0.25, 0.3) is 10.8 Å². The second-order valence-electron chi connectivity index (χ2n) is 4.59. The molecule has 1 heterocycles. The summed E-state index contributed by atoms with van der Waals surface area (Å²) in [7, 11) is 1.83. The van der Waals surface area contributed by atoms with Gasteiger partial charge in [-0.2, -0.15) is 0 Å². The van der Waals surface area contributed by atoms with Crippen LogP contribution in [0.1, 0.15) is 30.8 Å². The molecule has 18 heavy (non-hydrogen) atoms. The molecule has 2 rings (SSSR count). The molecule has 0 bridgehead atoms. The molecule has 0 radical (unpaired) electrons. The number of aromatic nitrogens is 1. The van der Waals surface area contributed by atoms with Gasteiger partial charge in [0.15, 0.2) is 0 Å². The zero-order valence-electron chi connectivity index (χ0n) is 11.1. The fraction of sp³-hybridized carbons (Fsp3) is 0.333. The first-order valence-corrected chi connectivity index (χ1v) is 6.25. The van der Waals surface area contributed by atoms with Crippen LogP contribution in [0.15, 0.2) is 36.5 Å². The van der Waals surface area contributed by atoms with E-state index in [1.807, 2.05) is 44.3 Å². The van der Waals surface area contributed by atoms with Crippen molar-refractivity contribution in [2.45, 2.75) is 26.3 Å². The molecule has 0 aliphatic carbocycles. The quantitative estimate of drug-likeness (QED) is 0.828. The van der Waals surface area contributed by atoms with E-state index in [9.17, 15) is 4.79 Å². The summed E-state index contributed by atoms with van der Waals surface area (Å²) in [5.74, 6) is -0.0184. The van der Waals surface area contributed by atoms with E-state index in [0.29, 0.717) is 5.69 Å². The van der Waals surface area contributed by atoms with Crippen LogP contribution in [0, 0.1) is 0 Å². The molecule has 1 aromatic heterocycles. The highest BCUT2D eigenvalue weighted by Gasteiger charge is 2.17. The summed E-state index contributed by atoms with van der Waals surface area (Å²) >= 11 is 0. The lowest BCUT2D eigenvalue weighted by Crippen LogP contribution is -2.35. The molecule has 2 aromatic rings. The van der Waals surface area contributed by atoms with E-state index in [-0.39, 0.29) is 11.9 Å². The van der Waals surface area contributed by atoms with Crippen molar-refractivity contribution in [3.05, 3.63) is 42.2 Å². The van der Waals surface area contributed by atoms with Crippen LogP contribution in [0.2, 0.25) is 0 Å². The molecule has 0 saturated carbocycles. The third kappa shape index (κ3) is 2.35. The SMILES string of the molecule is CCC(C)N(C)C(=O)c1cc2ccccc2cn1. The topological polar surface area (TPSA) is 33.2 Å². The van der Waals surface area contributed by atoms with Gasteiger partial charge in [-0.05, 0) is 24.8 Å². The van der Waals surface area contributed by atoms with Gasteiger partial charge in [0.1, 0.15) is 5.69 Å². The number of fused-ring (bicyclic) bond motifs is 1. The van der Waals surface area contributed by atoms with Gasteiger partial charge in [-0.15, -0.1) is 0 Å². The average molecular weight is 242 g/mol. The van der Waals surface area contributed by atoms with Crippen molar-refractivity contribution in [3.63, 3.8) is 0 Å². The number of nitrogens with zero attached hydrogens (tertiary/aromatic N) is 2. The maximum Gasteiger partial charge on any atom is 0.272 e. The minimum absolute atomic E-state index is 0.0184. The number of hydrogen-bond donors (Lipinski definition) is 0. The molecule has 0 spiro atoms. The van der Waals surface area contributed by atoms with Crippen molar-refractivity contribution in [2.75, 3.05) is 7.05 Å². The first-order valence-electron chi connectivity index (χ1n) is 6.25. The summed E-state index contributed by atoms with van der Waals surface area (Å²) in [5.41, 5.74) is 0.511. The van der Waals surface area contributed by atoms with Crippen LogP contribution >= 0.6 is 0 Å². The van der Waals surface area contributed by atoms with Gasteiger partial charge in [0.25, 0.3) is 5.91 Å². The van der Waals surface area contributed by atoms with Crippen molar-refractivity contribution >= 4 is 16.7 Å². The molecule has 0 fully saturated rings. The third-order valence-electron chi connectivity index (χ3n) is 3.42. The predicted molar refractivity (Wildman–Crippen MR) is 73.6 cm³/mol. The molecule has 3 heteroatoms. The molecule has 0 saturated heterocycles. The van der Waals surface area contributed by atoms with Gasteiger partial charge < -0.3 is 4.90 Å². The number of hydrogen-bond acceptors (Lipinski definition) is 2. The molecule has 94 valence electrons. The van der Waals surface area contributed by atoms with Crippen LogP contribution in [0.5, 0.6) is 0 Å². The van der Waals surface area contributed by atoms with E-state index in [1.54, 1.807) is 11.1 Å². The Morgan fingerprint density at radius 3 is 2.67 bits per heavy atom. The maximum absolute atomic E-state index is 12.3. The normalized spacial score (nSPS) is 12.4. The van der Waals surface area contributed by atoms with Crippen LogP contribution in [-0.4, -0.2) is 28.9 Å². The number of benzene rings is 1. The van der Waals surface area contributed by atoms with Gasteiger partial charge >= 0.3 is 0 Å². The van der Waals surface area contributed by atoms with Gasteiger partial charge in [0.05, 0.1) is 0 Å². The Hall–Kier alpha value is -1.90. The molecule has 0 aliphatic heterocycles. The zero-order valence-corrected chi connectivity index (χ0v) is 11.1. The highest BCUT2D eigenvalue weighted by molar-refractivity contribution is 5.96. The second-order valence-corrected chi connectivity index (χ2v) is 4.59. The van der Waals surface area contributed by atoms with Crippen LogP contribution in [0.3, 0.4) is 0 Å². The zero-order chi connectivity index (χ0) is 13.1. The molecule has 1 unspecified atom stereocenters. The monoisotopic (exact) mass is 242 g/mol. The smallest absolute Gasteiger partial charge is 0.272 e. The highest BCUT2D eigenvalue weighted by Crippen LogP contribution is 2.15. The third-order valence-corrected chi connectivity index (χ3v) is 3.42. The molecular weight excluding hydrogens is 224 g/mol. The van der Waals surface area contributed by atoms with Gasteiger partial charge in [-0.3, -0.25) is 9.78 Å². The maximum atomic E-state index is 12.3. The Kier molecular flexibility index (Phi) is 3.60. The van der Waals surface area contributed by atoms with Crippen molar-refractivity contribution in [1.29, 1.82) is 0 Å². The molecule has 1 amide bonds. The van der Waals surface area contributed by atoms with Crippen molar-refractivity contribution in [3.8, 4) is 0 Å². The molecule has 1 aromatic carbocycles. The van der Waals surface area contributed by atoms with E-state index < -0.39 is 0 Å². The number of carbonyl (C=O) groups excluding carboxylic acids is 1. The first-order chi connectivity index (χ1) is 8.63. The summed E-state index contributed by atoms with van der Waals surface area (Å²) in [6, 6.07) is 10.0.